The molecule has 1 amide bonds. The number of anilines is 1. The highest BCUT2D eigenvalue weighted by Crippen LogP contribution is 2.35. The Hall–Kier alpha value is -2.29. The second-order valence-electron chi connectivity index (χ2n) is 6.59. The molecule has 0 heterocycles. The maximum atomic E-state index is 12.2. The van der Waals surface area contributed by atoms with E-state index in [2.05, 4.69) is 39.1 Å². The van der Waals surface area contributed by atoms with Gasteiger partial charge in [-0.1, -0.05) is 56.7 Å². The number of nitrogens with one attached hydrogen (secondary N) is 1. The fourth-order valence-corrected chi connectivity index (χ4v) is 2.40. The predicted octanol–water partition coefficient (Wildman–Crippen LogP) is 5.21. The molecule has 0 saturated carbocycles. The Morgan fingerprint density at radius 1 is 1.05 bits per heavy atom. The van der Waals surface area contributed by atoms with Crippen molar-refractivity contribution in [2.45, 2.75) is 40.0 Å². The van der Waals surface area contributed by atoms with Gasteiger partial charge in [-0.2, -0.15) is 0 Å². The lowest BCUT2D eigenvalue weighted by molar-refractivity contribution is 0.214. The molecule has 0 aromatic heterocycles. The number of aryl methyl sites for hydroxylation is 2. The van der Waals surface area contributed by atoms with Gasteiger partial charge in [-0.05, 0) is 37.0 Å². The summed E-state index contributed by atoms with van der Waals surface area (Å²) in [4.78, 5) is 12.2. The number of benzene rings is 2. The first-order chi connectivity index (χ1) is 10.3. The zero-order valence-electron chi connectivity index (χ0n) is 13.9. The molecule has 2 aromatic rings. The van der Waals surface area contributed by atoms with E-state index in [9.17, 15) is 4.79 Å². The largest absolute Gasteiger partial charge is 0.417 e. The summed E-state index contributed by atoms with van der Waals surface area (Å²) in [6.45, 7) is 10.4. The number of amides is 1. The topological polar surface area (TPSA) is 38.3 Å². The fourth-order valence-electron chi connectivity index (χ4n) is 2.40. The van der Waals surface area contributed by atoms with Crippen molar-refractivity contribution in [3.05, 3.63) is 59.2 Å². The van der Waals surface area contributed by atoms with Gasteiger partial charge in [-0.25, -0.2) is 4.79 Å². The summed E-state index contributed by atoms with van der Waals surface area (Å²) in [5.74, 6) is 0.645. The second-order valence-corrected chi connectivity index (χ2v) is 6.59. The average molecular weight is 297 g/mol. The van der Waals surface area contributed by atoms with Gasteiger partial charge in [0.15, 0.2) is 0 Å². The summed E-state index contributed by atoms with van der Waals surface area (Å²) in [5, 5.41) is 2.75. The molecule has 0 aliphatic heterocycles. The average Bonchev–Trinajstić information content (AvgIpc) is 2.41. The highest BCUT2D eigenvalue weighted by Gasteiger charge is 2.22. The molecule has 22 heavy (non-hydrogen) atoms. The molecule has 0 atom stereocenters. The Morgan fingerprint density at radius 3 is 2.27 bits per heavy atom. The minimum absolute atomic E-state index is 0.0981. The van der Waals surface area contributed by atoms with Crippen LogP contribution in [0.3, 0.4) is 0 Å². The molecule has 0 saturated heterocycles. The van der Waals surface area contributed by atoms with Crippen molar-refractivity contribution >= 4 is 11.8 Å². The highest BCUT2D eigenvalue weighted by molar-refractivity contribution is 5.86. The zero-order chi connectivity index (χ0) is 16.3. The Balaban J connectivity index is 2.27. The fraction of sp³-hybridized carbons (Fsp3) is 0.316. The Morgan fingerprint density at radius 2 is 1.68 bits per heavy atom. The number of ether oxygens (including phenoxy) is 1. The van der Waals surface area contributed by atoms with Gasteiger partial charge in [0.2, 0.25) is 0 Å². The molecule has 1 N–H and O–H groups in total. The molecule has 0 bridgehead atoms. The van der Waals surface area contributed by atoms with Crippen LogP contribution in [0, 0.1) is 13.8 Å². The number of carbonyl (C=O) groups excluding carboxylic acids is 1. The lowest BCUT2D eigenvalue weighted by atomic mass is 9.84. The molecule has 0 radical (unpaired) electrons. The van der Waals surface area contributed by atoms with E-state index in [1.807, 2.05) is 43.3 Å². The van der Waals surface area contributed by atoms with E-state index in [0.717, 1.165) is 16.8 Å². The number of rotatable bonds is 2. The monoisotopic (exact) mass is 297 g/mol. The first-order valence-corrected chi connectivity index (χ1v) is 7.43. The van der Waals surface area contributed by atoms with Crippen molar-refractivity contribution in [3.63, 3.8) is 0 Å². The Kier molecular flexibility index (Phi) is 4.55. The van der Waals surface area contributed by atoms with Crippen molar-refractivity contribution in [2.24, 2.45) is 0 Å². The molecule has 3 heteroatoms. The first-order valence-electron chi connectivity index (χ1n) is 7.43. The van der Waals surface area contributed by atoms with Gasteiger partial charge >= 0.3 is 6.09 Å². The Labute approximate surface area is 132 Å². The summed E-state index contributed by atoms with van der Waals surface area (Å²) in [5.41, 5.74) is 3.79. The molecular formula is C19H23NO2. The standard InChI is InChI=1S/C19H23NO2/c1-13-11-14(2)17(16(12-13)19(3,4)5)22-18(21)20-15-9-7-6-8-10-15/h6-12H,1-5H3,(H,20,21). The maximum absolute atomic E-state index is 12.2. The van der Waals surface area contributed by atoms with Crippen LogP contribution < -0.4 is 10.1 Å². The van der Waals surface area contributed by atoms with E-state index < -0.39 is 6.09 Å². The SMILES string of the molecule is Cc1cc(C)c(OC(=O)Nc2ccccc2)c(C(C)(C)C)c1. The minimum Gasteiger partial charge on any atom is -0.410 e. The molecule has 0 aliphatic rings. The van der Waals surface area contributed by atoms with E-state index in [1.165, 1.54) is 5.56 Å². The van der Waals surface area contributed by atoms with Gasteiger partial charge in [-0.15, -0.1) is 0 Å². The molecule has 0 fully saturated rings. The quantitative estimate of drug-likeness (QED) is 0.826. The molecule has 2 aromatic carbocycles. The third kappa shape index (κ3) is 3.88. The summed E-state index contributed by atoms with van der Waals surface area (Å²) in [6.07, 6.45) is -0.469. The van der Waals surface area contributed by atoms with Gasteiger partial charge in [0, 0.05) is 11.3 Å². The molecule has 0 aliphatic carbocycles. The van der Waals surface area contributed by atoms with Gasteiger partial charge in [0.25, 0.3) is 0 Å². The Bertz CT molecular complexity index is 670. The lowest BCUT2D eigenvalue weighted by Crippen LogP contribution is -2.21. The van der Waals surface area contributed by atoms with Crippen molar-refractivity contribution in [1.29, 1.82) is 0 Å². The first kappa shape index (κ1) is 16.1. The minimum atomic E-state index is -0.469. The zero-order valence-corrected chi connectivity index (χ0v) is 13.9. The summed E-state index contributed by atoms with van der Waals surface area (Å²) in [6, 6.07) is 13.4. The number of hydrogen-bond acceptors (Lipinski definition) is 2. The van der Waals surface area contributed by atoms with E-state index >= 15 is 0 Å². The smallest absolute Gasteiger partial charge is 0.410 e. The number of hydrogen-bond donors (Lipinski definition) is 1. The van der Waals surface area contributed by atoms with Crippen molar-refractivity contribution in [2.75, 3.05) is 5.32 Å². The van der Waals surface area contributed by atoms with Gasteiger partial charge in [0.05, 0.1) is 0 Å². The van der Waals surface area contributed by atoms with Crippen LogP contribution in [0.1, 0.15) is 37.5 Å². The molecule has 0 spiro atoms. The van der Waals surface area contributed by atoms with Crippen LogP contribution in [0.4, 0.5) is 10.5 Å². The van der Waals surface area contributed by atoms with E-state index in [1.54, 1.807) is 0 Å². The van der Waals surface area contributed by atoms with E-state index in [-0.39, 0.29) is 5.41 Å². The van der Waals surface area contributed by atoms with Crippen LogP contribution in [-0.4, -0.2) is 6.09 Å². The normalized spacial score (nSPS) is 11.1. The molecular weight excluding hydrogens is 274 g/mol. The van der Waals surface area contributed by atoms with Gasteiger partial charge in [0.1, 0.15) is 5.75 Å². The van der Waals surface area contributed by atoms with Crippen LogP contribution in [0.25, 0.3) is 0 Å². The number of para-hydroxylation sites is 1. The van der Waals surface area contributed by atoms with Crippen LogP contribution in [0.2, 0.25) is 0 Å². The van der Waals surface area contributed by atoms with Crippen LogP contribution in [0.5, 0.6) is 5.75 Å². The lowest BCUT2D eigenvalue weighted by Gasteiger charge is -2.24. The van der Waals surface area contributed by atoms with Crippen molar-refractivity contribution in [3.8, 4) is 5.75 Å². The maximum Gasteiger partial charge on any atom is 0.417 e. The summed E-state index contributed by atoms with van der Waals surface area (Å²) < 4.78 is 5.61. The van der Waals surface area contributed by atoms with Crippen LogP contribution in [-0.2, 0) is 5.41 Å². The summed E-state index contributed by atoms with van der Waals surface area (Å²) >= 11 is 0. The molecule has 3 nitrogen and oxygen atoms in total. The van der Waals surface area contributed by atoms with E-state index in [4.69, 9.17) is 4.74 Å². The van der Waals surface area contributed by atoms with Crippen LogP contribution >= 0.6 is 0 Å². The number of carbonyl (C=O) groups is 1. The van der Waals surface area contributed by atoms with E-state index in [0.29, 0.717) is 5.75 Å². The van der Waals surface area contributed by atoms with Gasteiger partial charge < -0.3 is 4.74 Å². The molecule has 116 valence electrons. The molecule has 0 unspecified atom stereocenters. The third-order valence-electron chi connectivity index (χ3n) is 3.44. The van der Waals surface area contributed by atoms with Crippen molar-refractivity contribution < 1.29 is 9.53 Å². The summed E-state index contributed by atoms with van der Waals surface area (Å²) in [7, 11) is 0. The second kappa shape index (κ2) is 6.22. The third-order valence-corrected chi connectivity index (χ3v) is 3.44. The van der Waals surface area contributed by atoms with Crippen molar-refractivity contribution in [1.82, 2.24) is 0 Å². The molecule has 2 rings (SSSR count). The highest BCUT2D eigenvalue weighted by atomic mass is 16.6. The van der Waals surface area contributed by atoms with Crippen LogP contribution in [0.15, 0.2) is 42.5 Å². The van der Waals surface area contributed by atoms with Gasteiger partial charge in [-0.3, -0.25) is 5.32 Å². The predicted molar refractivity (Wildman–Crippen MR) is 90.7 cm³/mol.